The van der Waals surface area contributed by atoms with Gasteiger partial charge in [0.15, 0.2) is 29.0 Å². The molecule has 0 bridgehead atoms. The lowest BCUT2D eigenvalue weighted by molar-refractivity contribution is -0.112. The first-order chi connectivity index (χ1) is 61.9. The number of fused-ring (bicyclic) bond motifs is 5. The van der Waals surface area contributed by atoms with Gasteiger partial charge in [-0.15, -0.1) is 0 Å². The number of rotatable bonds is 21. The first-order valence-electron chi connectivity index (χ1n) is 40.3. The van der Waals surface area contributed by atoms with E-state index in [4.69, 9.17) is 26.0 Å². The van der Waals surface area contributed by atoms with Crippen LogP contribution in [0.1, 0.15) is 56.3 Å². The summed E-state index contributed by atoms with van der Waals surface area (Å²) < 4.78 is 14.9. The summed E-state index contributed by atoms with van der Waals surface area (Å²) in [6, 6.07) is 43.6. The average molecular weight is 1730 g/mol. The van der Waals surface area contributed by atoms with Gasteiger partial charge < -0.3 is 40.8 Å². The Morgan fingerprint density at radius 3 is 1.30 bits per heavy atom. The number of carbonyl (C=O) groups is 5. The highest BCUT2D eigenvalue weighted by Gasteiger charge is 2.21. The Bertz CT molecular complexity index is 6970. The molecule has 1 aliphatic rings. The molecule has 1 fully saturated rings. The van der Waals surface area contributed by atoms with Crippen LogP contribution in [0.3, 0.4) is 0 Å². The van der Waals surface area contributed by atoms with Crippen LogP contribution >= 0.6 is 11.6 Å². The lowest BCUT2D eigenvalue weighted by Crippen LogP contribution is -2.44. The lowest BCUT2D eigenvalue weighted by atomic mass is 9.90. The number of likely N-dealkylation sites (N-methyl/N-ethyl adjacent to an activating group) is 1. The van der Waals surface area contributed by atoms with E-state index in [1.54, 1.807) is 104 Å². The van der Waals surface area contributed by atoms with Crippen LogP contribution in [-0.4, -0.2) is 165 Å². The maximum absolute atomic E-state index is 11.6. The Kier molecular flexibility index (Phi) is 27.6. The second-order valence-electron chi connectivity index (χ2n) is 30.4. The summed E-state index contributed by atoms with van der Waals surface area (Å²) in [5, 5.41) is 14.0. The fourth-order valence-electron chi connectivity index (χ4n) is 13.6. The Morgan fingerprint density at radius 1 is 0.422 bits per heavy atom. The van der Waals surface area contributed by atoms with E-state index in [9.17, 15) is 24.0 Å². The number of hydrogen-bond acceptors (Lipinski definition) is 23. The second-order valence-corrected chi connectivity index (χ2v) is 30.8. The third kappa shape index (κ3) is 22.1. The number of imidazole rings is 5. The van der Waals surface area contributed by atoms with Crippen molar-refractivity contribution in [2.75, 3.05) is 64.7 Å². The number of aryl methyl sites for hydroxylation is 1. The second kappa shape index (κ2) is 40.2. The molecule has 1 saturated heterocycles. The molecule has 33 nitrogen and oxygen atoms in total. The van der Waals surface area contributed by atoms with E-state index in [2.05, 4.69) is 181 Å². The van der Waals surface area contributed by atoms with Crippen LogP contribution in [0.15, 0.2) is 295 Å². The number of halogens is 1. The van der Waals surface area contributed by atoms with Crippen LogP contribution in [0.4, 0.5) is 34.3 Å². The van der Waals surface area contributed by atoms with E-state index in [0.29, 0.717) is 74.2 Å². The smallest absolute Gasteiger partial charge is 0.247 e. The molecule has 0 unspecified atom stereocenters. The molecule has 5 amide bonds. The molecule has 11 aromatic heterocycles. The van der Waals surface area contributed by atoms with Gasteiger partial charge in [0.25, 0.3) is 0 Å². The Balaban J connectivity index is 0.000000130. The summed E-state index contributed by atoms with van der Waals surface area (Å²) in [5.41, 5.74) is 15.4. The summed E-state index contributed by atoms with van der Waals surface area (Å²) in [6.07, 6.45) is 31.2. The molecule has 642 valence electrons. The predicted molar refractivity (Wildman–Crippen MR) is 496 cm³/mol. The number of furan rings is 1. The van der Waals surface area contributed by atoms with Crippen LogP contribution in [0.5, 0.6) is 0 Å². The number of anilines is 6. The number of nitrogens with zero attached hydrogens (tertiary/aromatic N) is 22. The van der Waals surface area contributed by atoms with Crippen molar-refractivity contribution in [2.45, 2.75) is 53.4 Å². The molecule has 0 spiro atoms. The van der Waals surface area contributed by atoms with Crippen molar-refractivity contribution in [3.8, 4) is 40.5 Å². The third-order valence-electron chi connectivity index (χ3n) is 19.9. The molecule has 0 radical (unpaired) electrons. The van der Waals surface area contributed by atoms with E-state index in [0.717, 1.165) is 123 Å². The Labute approximate surface area is 739 Å². The van der Waals surface area contributed by atoms with Gasteiger partial charge >= 0.3 is 0 Å². The van der Waals surface area contributed by atoms with Crippen molar-refractivity contribution in [1.29, 1.82) is 0 Å². The quantitative estimate of drug-likeness (QED) is 0.0417. The van der Waals surface area contributed by atoms with E-state index < -0.39 is 0 Å². The average Bonchev–Trinajstić information content (AvgIpc) is 1.69. The molecule has 0 saturated carbocycles. The van der Waals surface area contributed by atoms with Gasteiger partial charge in [-0.1, -0.05) is 103 Å². The molecule has 128 heavy (non-hydrogen) atoms. The number of carbonyl (C=O) groups excluding carboxylic acids is 5. The number of amides is 5. The summed E-state index contributed by atoms with van der Waals surface area (Å²) in [7, 11) is 2.12. The van der Waals surface area contributed by atoms with Gasteiger partial charge in [-0.05, 0) is 177 Å². The zero-order valence-corrected chi connectivity index (χ0v) is 71.5. The van der Waals surface area contributed by atoms with Crippen molar-refractivity contribution in [2.24, 2.45) is 5.41 Å². The Hall–Kier alpha value is -16.6. The minimum Gasteiger partial charge on any atom is -0.460 e. The molecule has 5 N–H and O–H groups in total. The van der Waals surface area contributed by atoms with Crippen LogP contribution in [0.2, 0.25) is 5.15 Å². The van der Waals surface area contributed by atoms with Gasteiger partial charge in [-0.25, -0.2) is 54.8 Å². The van der Waals surface area contributed by atoms with Crippen LogP contribution < -0.4 is 31.5 Å². The van der Waals surface area contributed by atoms with Crippen LogP contribution in [0, 0.1) is 12.3 Å². The van der Waals surface area contributed by atoms with Crippen molar-refractivity contribution >= 4 is 131 Å². The normalized spacial score (nSPS) is 12.0. The first kappa shape index (κ1) is 87.8. The van der Waals surface area contributed by atoms with E-state index in [-0.39, 0.29) is 35.0 Å². The molecule has 34 heteroatoms. The standard InChI is InChI=1S/C23H21N5O.C19H21N7O.C19H15N5O2.C19H21N5O.C14H10ClN5O/c1-3-23(29)27-18-9-10-20-21(12-18)28(15-25-20)22-14-24-13-19(26-22)11-16(2)17-7-5-4-6-8-17;1-3-19(27)22-14-4-5-15-16(10-14)26(13-21-15)18-12-20-11-17(23-18)25-8-6-24(2)7-9-25;1-3-19(25)22-13-5-6-14-16(8-13)24(11-21-14)18-10-20-9-15(23-18)17-7-4-12(2)26-17;1-5-18(25)23-13-6-7-16-15(8-13)22-12-24(16)17-9-14(20-11-21-17)10-19(2,3)4;1-2-14(21)18-9-3-4-10-11(5-9)20(8-17-10)13-7-16-6-12(15)19-13/h3-10,12-16H,1,11H2,2H3,(H,27,29);3-5,10-13H,1,6-9H2,2H3,(H,22,27);3-11H,1H2,2H3,(H,22,25);5-9,11-12H,1,10H2,2-4H3,(H,23,25);2-8H,1H2,(H,18,21)/t16-;;;;/m1..../s1. The minimum atomic E-state index is -0.275. The lowest BCUT2D eigenvalue weighted by Gasteiger charge is -2.33. The van der Waals surface area contributed by atoms with E-state index in [1.807, 2.05) is 134 Å². The van der Waals surface area contributed by atoms with Crippen molar-refractivity contribution in [3.63, 3.8) is 0 Å². The van der Waals surface area contributed by atoms with Crippen molar-refractivity contribution in [1.82, 2.24) is 102 Å². The topological polar surface area (TPSA) is 383 Å². The highest BCUT2D eigenvalue weighted by Crippen LogP contribution is 2.31. The van der Waals surface area contributed by atoms with Crippen LogP contribution in [-0.2, 0) is 36.8 Å². The highest BCUT2D eigenvalue weighted by molar-refractivity contribution is 6.29. The summed E-state index contributed by atoms with van der Waals surface area (Å²) in [4.78, 5) is 128. The maximum atomic E-state index is 11.6. The number of piperazine rings is 1. The maximum Gasteiger partial charge on any atom is 0.247 e. The van der Waals surface area contributed by atoms with Gasteiger partial charge in [0.1, 0.15) is 66.2 Å². The molecule has 6 aromatic carbocycles. The van der Waals surface area contributed by atoms with E-state index >= 15 is 0 Å². The third-order valence-corrected chi connectivity index (χ3v) is 20.0. The summed E-state index contributed by atoms with van der Waals surface area (Å²) >= 11 is 5.86. The Morgan fingerprint density at radius 2 is 0.836 bits per heavy atom. The van der Waals surface area contributed by atoms with Gasteiger partial charge in [0, 0.05) is 72.6 Å². The molecular formula is C94H88ClN27O6. The summed E-state index contributed by atoms with van der Waals surface area (Å²) in [6.45, 7) is 31.8. The molecule has 18 rings (SSSR count). The zero-order valence-electron chi connectivity index (χ0n) is 70.8. The van der Waals surface area contributed by atoms with Gasteiger partial charge in [-0.2, -0.15) is 0 Å². The molecule has 0 aliphatic carbocycles. The molecule has 1 aliphatic heterocycles. The van der Waals surface area contributed by atoms with Crippen LogP contribution in [0.25, 0.3) is 95.7 Å². The van der Waals surface area contributed by atoms with Gasteiger partial charge in [0.2, 0.25) is 29.5 Å². The molecule has 12 heterocycles. The summed E-state index contributed by atoms with van der Waals surface area (Å²) in [5.74, 6) is 4.67. The highest BCUT2D eigenvalue weighted by atomic mass is 35.5. The number of hydrogen-bond donors (Lipinski definition) is 5. The molecule has 17 aromatic rings. The minimum absolute atomic E-state index is 0.154. The van der Waals surface area contributed by atoms with Crippen molar-refractivity contribution in [3.05, 3.63) is 318 Å². The van der Waals surface area contributed by atoms with Gasteiger partial charge in [0.05, 0.1) is 104 Å². The fraction of sp³-hybridized carbons (Fsp3) is 0.149. The molecular weight excluding hydrogens is 1640 g/mol. The van der Waals surface area contributed by atoms with Gasteiger partial charge in [-0.3, -0.25) is 66.7 Å². The zero-order chi connectivity index (χ0) is 90.0. The van der Waals surface area contributed by atoms with Crippen molar-refractivity contribution < 1.29 is 28.4 Å². The fourth-order valence-corrected chi connectivity index (χ4v) is 13.7. The largest absolute Gasteiger partial charge is 0.460 e. The monoisotopic (exact) mass is 1730 g/mol. The first-order valence-corrected chi connectivity index (χ1v) is 40.7. The predicted octanol–water partition coefficient (Wildman–Crippen LogP) is 15.6. The number of aromatic nitrogens is 20. The number of nitrogens with one attached hydrogen (secondary N) is 5. The SMILES string of the molecule is C=CC(=O)Nc1ccc2c(c1)ncn2-c1cc(CC(C)(C)C)ncn1.C=CC(=O)Nc1ccc2ncn(-c3cncc(-c4ccc(C)o4)n3)c2c1.C=CC(=O)Nc1ccc2ncn(-c3cncc(C[C@@H](C)c4ccccc4)n3)c2c1.C=CC(=O)Nc1ccc2ncn(-c3cncc(Cl)n3)c2c1.C=CC(=O)Nc1ccc2ncn(-c3cncc(N4CCN(C)CC4)n3)c2c1. The van der Waals surface area contributed by atoms with E-state index in [1.165, 1.54) is 42.1 Å². The molecule has 1 atom stereocenters. The number of benzene rings is 6.